The number of benzene rings is 2. The van der Waals surface area contributed by atoms with Crippen LogP contribution in [0.25, 0.3) is 22.3 Å². The second-order valence-electron chi connectivity index (χ2n) is 4.57. The van der Waals surface area contributed by atoms with E-state index in [-0.39, 0.29) is 22.3 Å². The topological polar surface area (TPSA) is 32.9 Å². The molecule has 0 radical (unpaired) electrons. The van der Waals surface area contributed by atoms with Crippen LogP contribution in [0.5, 0.6) is 0 Å². The molecule has 0 fully saturated rings. The van der Waals surface area contributed by atoms with Gasteiger partial charge in [-0.05, 0) is 12.1 Å². The average Bonchev–Trinajstić information content (AvgIpc) is 2.49. The maximum absolute atomic E-state index is 13.8. The molecule has 2 nitrogen and oxygen atoms in total. The Balaban J connectivity index is 2.24. The van der Waals surface area contributed by atoms with E-state index in [0.717, 1.165) is 0 Å². The third kappa shape index (κ3) is 2.36. The molecule has 0 bridgehead atoms. The lowest BCUT2D eigenvalue weighted by atomic mass is 10.0. The molecule has 3 rings (SSSR count). The second kappa shape index (κ2) is 5.32. The van der Waals surface area contributed by atoms with E-state index < -0.39 is 17.1 Å². The van der Waals surface area contributed by atoms with Gasteiger partial charge in [0.15, 0.2) is 5.43 Å². The predicted molar refractivity (Wildman–Crippen MR) is 77.9 cm³/mol. The lowest BCUT2D eigenvalue weighted by Gasteiger charge is -2.06. The summed E-state index contributed by atoms with van der Waals surface area (Å²) in [6.07, 6.45) is 2.84. The molecule has 1 aromatic heterocycles. The first-order valence-electron chi connectivity index (χ1n) is 6.39. The number of aromatic amines is 1. The van der Waals surface area contributed by atoms with Gasteiger partial charge >= 0.3 is 0 Å². The molecule has 21 heavy (non-hydrogen) atoms. The molecule has 0 aliphatic rings. The van der Waals surface area contributed by atoms with Gasteiger partial charge in [0.05, 0.1) is 0 Å². The zero-order valence-corrected chi connectivity index (χ0v) is 10.9. The third-order valence-corrected chi connectivity index (χ3v) is 3.27. The first-order chi connectivity index (χ1) is 10.2. The van der Waals surface area contributed by atoms with Gasteiger partial charge in [0.25, 0.3) is 0 Å². The highest BCUT2D eigenvalue weighted by atomic mass is 19.1. The number of nitrogens with one attached hydrogen (secondary N) is 1. The van der Waals surface area contributed by atoms with Crippen LogP contribution in [0, 0.1) is 11.6 Å². The quantitative estimate of drug-likeness (QED) is 0.758. The fraction of sp³-hybridized carbons (Fsp3) is 0. The average molecular weight is 283 g/mol. The molecule has 0 unspecified atom stereocenters. The summed E-state index contributed by atoms with van der Waals surface area (Å²) >= 11 is 0. The van der Waals surface area contributed by atoms with Crippen molar-refractivity contribution in [2.75, 3.05) is 0 Å². The molecule has 104 valence electrons. The molecular formula is C17H11F2NO. The zero-order chi connectivity index (χ0) is 14.8. The number of H-pyrrole nitrogens is 1. The van der Waals surface area contributed by atoms with E-state index in [4.69, 9.17) is 0 Å². The van der Waals surface area contributed by atoms with Gasteiger partial charge in [0.2, 0.25) is 0 Å². The molecule has 0 aliphatic heterocycles. The summed E-state index contributed by atoms with van der Waals surface area (Å²) in [6.45, 7) is 0. The van der Waals surface area contributed by atoms with Crippen LogP contribution < -0.4 is 5.43 Å². The molecule has 0 amide bonds. The summed E-state index contributed by atoms with van der Waals surface area (Å²) < 4.78 is 27.7. The fourth-order valence-electron chi connectivity index (χ4n) is 2.24. The van der Waals surface area contributed by atoms with Crippen molar-refractivity contribution in [1.82, 2.24) is 4.98 Å². The lowest BCUT2D eigenvalue weighted by Crippen LogP contribution is -2.10. The van der Waals surface area contributed by atoms with Crippen molar-refractivity contribution in [3.05, 3.63) is 82.8 Å². The molecule has 3 aromatic rings. The van der Waals surface area contributed by atoms with Crippen molar-refractivity contribution in [2.45, 2.75) is 0 Å². The van der Waals surface area contributed by atoms with E-state index in [1.807, 2.05) is 0 Å². The molecule has 0 aliphatic carbocycles. The smallest absolute Gasteiger partial charge is 0.197 e. The van der Waals surface area contributed by atoms with E-state index in [2.05, 4.69) is 4.98 Å². The highest BCUT2D eigenvalue weighted by molar-refractivity contribution is 5.72. The number of pyridine rings is 1. The normalized spacial score (nSPS) is 10.6. The van der Waals surface area contributed by atoms with Crippen LogP contribution >= 0.6 is 0 Å². The van der Waals surface area contributed by atoms with Crippen molar-refractivity contribution in [1.29, 1.82) is 0 Å². The van der Waals surface area contributed by atoms with Crippen LogP contribution in [0.4, 0.5) is 8.78 Å². The Kier molecular flexibility index (Phi) is 3.36. The van der Waals surface area contributed by atoms with Crippen molar-refractivity contribution < 1.29 is 8.78 Å². The number of hydrogen-bond acceptors (Lipinski definition) is 1. The highest BCUT2D eigenvalue weighted by Gasteiger charge is 2.14. The Bertz CT molecular complexity index is 788. The number of hydrogen-bond donors (Lipinski definition) is 1. The molecule has 0 atom stereocenters. The maximum atomic E-state index is 13.8. The van der Waals surface area contributed by atoms with Gasteiger partial charge < -0.3 is 4.98 Å². The van der Waals surface area contributed by atoms with Crippen LogP contribution in [0.2, 0.25) is 0 Å². The number of halogens is 2. The number of rotatable bonds is 2. The van der Waals surface area contributed by atoms with Gasteiger partial charge in [-0.2, -0.15) is 0 Å². The fourth-order valence-corrected chi connectivity index (χ4v) is 2.24. The first kappa shape index (κ1) is 13.2. The number of aromatic nitrogens is 1. The summed E-state index contributed by atoms with van der Waals surface area (Å²) in [6, 6.07) is 12.0. The summed E-state index contributed by atoms with van der Waals surface area (Å²) in [4.78, 5) is 15.3. The van der Waals surface area contributed by atoms with E-state index in [0.29, 0.717) is 0 Å². The molecule has 0 spiro atoms. The van der Waals surface area contributed by atoms with Crippen molar-refractivity contribution in [2.24, 2.45) is 0 Å². The van der Waals surface area contributed by atoms with Gasteiger partial charge in [-0.1, -0.05) is 36.4 Å². The monoisotopic (exact) mass is 283 g/mol. The van der Waals surface area contributed by atoms with E-state index in [1.165, 1.54) is 36.7 Å². The SMILES string of the molecule is O=c1c(-c2ccccc2F)c[nH]cc1-c1ccccc1F. The third-order valence-electron chi connectivity index (χ3n) is 3.27. The van der Waals surface area contributed by atoms with Crippen molar-refractivity contribution in [3.8, 4) is 22.3 Å². The lowest BCUT2D eigenvalue weighted by molar-refractivity contribution is 0.630. The van der Waals surface area contributed by atoms with Crippen LogP contribution in [-0.4, -0.2) is 4.98 Å². The minimum Gasteiger partial charge on any atom is -0.366 e. The van der Waals surface area contributed by atoms with Crippen LogP contribution in [-0.2, 0) is 0 Å². The zero-order valence-electron chi connectivity index (χ0n) is 10.9. The van der Waals surface area contributed by atoms with Crippen LogP contribution in [0.1, 0.15) is 0 Å². The molecule has 0 saturated heterocycles. The maximum Gasteiger partial charge on any atom is 0.197 e. The highest BCUT2D eigenvalue weighted by Crippen LogP contribution is 2.23. The van der Waals surface area contributed by atoms with Crippen LogP contribution in [0.3, 0.4) is 0 Å². The van der Waals surface area contributed by atoms with Crippen molar-refractivity contribution in [3.63, 3.8) is 0 Å². The Morgan fingerprint density at radius 3 is 1.52 bits per heavy atom. The van der Waals surface area contributed by atoms with Gasteiger partial charge in [-0.15, -0.1) is 0 Å². The molecule has 0 saturated carbocycles. The van der Waals surface area contributed by atoms with Gasteiger partial charge in [-0.3, -0.25) is 4.79 Å². The van der Waals surface area contributed by atoms with Gasteiger partial charge in [0, 0.05) is 34.6 Å². The molecule has 2 aromatic carbocycles. The summed E-state index contributed by atoms with van der Waals surface area (Å²) in [5, 5.41) is 0. The van der Waals surface area contributed by atoms with Gasteiger partial charge in [0.1, 0.15) is 11.6 Å². The van der Waals surface area contributed by atoms with E-state index in [1.54, 1.807) is 24.3 Å². The minimum absolute atomic E-state index is 0.175. The molecule has 1 N–H and O–H groups in total. The van der Waals surface area contributed by atoms with Crippen molar-refractivity contribution >= 4 is 0 Å². The first-order valence-corrected chi connectivity index (χ1v) is 6.39. The van der Waals surface area contributed by atoms with Crippen LogP contribution in [0.15, 0.2) is 65.7 Å². The predicted octanol–water partition coefficient (Wildman–Crippen LogP) is 3.99. The second-order valence-corrected chi connectivity index (χ2v) is 4.57. The Labute approximate surface area is 119 Å². The van der Waals surface area contributed by atoms with E-state index in [9.17, 15) is 13.6 Å². The Morgan fingerprint density at radius 1 is 0.667 bits per heavy atom. The summed E-state index contributed by atoms with van der Waals surface area (Å²) in [5.41, 5.74) is 0.320. The largest absolute Gasteiger partial charge is 0.366 e. The molecular weight excluding hydrogens is 272 g/mol. The summed E-state index contributed by atoms with van der Waals surface area (Å²) in [5.74, 6) is -0.984. The Morgan fingerprint density at radius 2 is 1.10 bits per heavy atom. The Hall–Kier alpha value is -2.75. The van der Waals surface area contributed by atoms with Gasteiger partial charge in [-0.25, -0.2) is 8.78 Å². The van der Waals surface area contributed by atoms with E-state index >= 15 is 0 Å². The standard InChI is InChI=1S/C17H11F2NO/c18-15-7-3-1-5-11(15)13-9-20-10-14(17(13)21)12-6-2-4-8-16(12)19/h1-10H,(H,20,21). The molecule has 4 heteroatoms. The summed E-state index contributed by atoms with van der Waals surface area (Å²) in [7, 11) is 0. The minimum atomic E-state index is -0.492. The molecule has 1 heterocycles.